The number of fused-ring (bicyclic) bond motifs is 3. The fourth-order valence-corrected chi connectivity index (χ4v) is 7.50. The van der Waals surface area contributed by atoms with Gasteiger partial charge in [0.2, 0.25) is 0 Å². The third-order valence-corrected chi connectivity index (χ3v) is 9.90. The predicted octanol–water partition coefficient (Wildman–Crippen LogP) is 11.0. The lowest BCUT2D eigenvalue weighted by atomic mass is 9.97. The van der Waals surface area contributed by atoms with Crippen LogP contribution in [0.2, 0.25) is 0 Å². The minimum atomic E-state index is 0.650. The summed E-state index contributed by atoms with van der Waals surface area (Å²) >= 11 is 1.80. The van der Waals surface area contributed by atoms with Crippen LogP contribution in [0.3, 0.4) is 0 Å². The summed E-state index contributed by atoms with van der Waals surface area (Å²) in [6.45, 7) is 0. The number of nitrogens with zero attached hydrogens (tertiary/aromatic N) is 5. The largest absolute Gasteiger partial charge is 0.208 e. The minimum absolute atomic E-state index is 0.650. The van der Waals surface area contributed by atoms with E-state index >= 15 is 0 Å². The lowest BCUT2D eigenvalue weighted by molar-refractivity contribution is 1.04. The number of aromatic nitrogens is 5. The summed E-state index contributed by atoms with van der Waals surface area (Å²) < 4.78 is 2.42. The first-order valence-corrected chi connectivity index (χ1v) is 16.9. The maximum atomic E-state index is 5.08. The third kappa shape index (κ3) is 5.44. The summed E-state index contributed by atoms with van der Waals surface area (Å²) in [5.41, 5.74) is 8.95. The van der Waals surface area contributed by atoms with E-state index in [-0.39, 0.29) is 0 Å². The highest BCUT2D eigenvalue weighted by Gasteiger charge is 2.19. The summed E-state index contributed by atoms with van der Waals surface area (Å²) in [6.07, 6.45) is 0. The van der Waals surface area contributed by atoms with Crippen LogP contribution in [0.4, 0.5) is 0 Å². The molecule has 0 unspecified atom stereocenters. The van der Waals surface area contributed by atoms with Gasteiger partial charge in [-0.05, 0) is 35.4 Å². The van der Waals surface area contributed by atoms with Gasteiger partial charge in [0.15, 0.2) is 17.5 Å². The van der Waals surface area contributed by atoms with Crippen molar-refractivity contribution in [1.82, 2.24) is 25.1 Å². The molecule has 3 heterocycles. The van der Waals surface area contributed by atoms with Gasteiger partial charge < -0.3 is 0 Å². The van der Waals surface area contributed by atoms with E-state index in [1.165, 1.54) is 14.8 Å². The quantitative estimate of drug-likeness (QED) is 0.180. The van der Waals surface area contributed by atoms with Gasteiger partial charge in [-0.3, -0.25) is 0 Å². The molecule has 230 valence electrons. The van der Waals surface area contributed by atoms with E-state index in [0.29, 0.717) is 17.5 Å². The maximum Gasteiger partial charge on any atom is 0.164 e. The number of hydrogen-bond acceptors (Lipinski definition) is 6. The Balaban J connectivity index is 1.16. The molecule has 9 aromatic rings. The Labute approximate surface area is 287 Å². The van der Waals surface area contributed by atoms with Crippen LogP contribution in [-0.2, 0) is 0 Å². The molecule has 6 aromatic carbocycles. The van der Waals surface area contributed by atoms with Crippen LogP contribution in [-0.4, -0.2) is 25.1 Å². The van der Waals surface area contributed by atoms with Crippen molar-refractivity contribution in [2.24, 2.45) is 0 Å². The Bertz CT molecular complexity index is 2510. The molecule has 0 bridgehead atoms. The van der Waals surface area contributed by atoms with Crippen LogP contribution in [0.25, 0.3) is 88.0 Å². The molecule has 0 fully saturated rings. The van der Waals surface area contributed by atoms with E-state index in [2.05, 4.69) is 70.9 Å². The molecule has 5 nitrogen and oxygen atoms in total. The van der Waals surface area contributed by atoms with Crippen molar-refractivity contribution in [2.75, 3.05) is 0 Å². The zero-order valence-corrected chi connectivity index (χ0v) is 27.0. The molecule has 3 aromatic heterocycles. The first-order valence-electron chi connectivity index (χ1n) is 16.1. The lowest BCUT2D eigenvalue weighted by Gasteiger charge is -2.12. The molecule has 0 aliphatic rings. The Hall–Kier alpha value is -6.37. The van der Waals surface area contributed by atoms with Crippen LogP contribution >= 0.6 is 11.3 Å². The van der Waals surface area contributed by atoms with Crippen LogP contribution in [0.15, 0.2) is 164 Å². The van der Waals surface area contributed by atoms with Crippen LogP contribution < -0.4 is 0 Å². The molecule has 0 amide bonds. The van der Waals surface area contributed by atoms with Gasteiger partial charge in [-0.15, -0.1) is 21.5 Å². The van der Waals surface area contributed by atoms with Crippen molar-refractivity contribution in [3.05, 3.63) is 164 Å². The third-order valence-electron chi connectivity index (χ3n) is 8.69. The fraction of sp³-hybridized carbons (Fsp3) is 0. The van der Waals surface area contributed by atoms with Crippen molar-refractivity contribution in [1.29, 1.82) is 0 Å². The predicted molar refractivity (Wildman–Crippen MR) is 201 cm³/mol. The van der Waals surface area contributed by atoms with Gasteiger partial charge in [-0.25, -0.2) is 15.0 Å². The van der Waals surface area contributed by atoms with Gasteiger partial charge >= 0.3 is 0 Å². The number of benzene rings is 6. The van der Waals surface area contributed by atoms with Crippen molar-refractivity contribution < 1.29 is 0 Å². The first kappa shape index (κ1) is 28.8. The standard InChI is InChI=1S/C43H27N5S/c1-4-12-29(13-5-1)36-26-27-37(48-47-36)30-22-20-28(21-23-30)33-24-25-35(39-34-18-10-11-19-38(34)49-40(33)39)43-45-41(31-14-6-2-7-15-31)44-42(46-43)32-16-8-3-9-17-32/h1-27H. The summed E-state index contributed by atoms with van der Waals surface area (Å²) in [5, 5.41) is 11.4. The monoisotopic (exact) mass is 645 g/mol. The van der Waals surface area contributed by atoms with E-state index in [4.69, 9.17) is 15.0 Å². The molecule has 0 radical (unpaired) electrons. The molecule has 0 aliphatic heterocycles. The zero-order chi connectivity index (χ0) is 32.6. The second-order valence-electron chi connectivity index (χ2n) is 11.7. The molecule has 9 rings (SSSR count). The average molecular weight is 646 g/mol. The highest BCUT2D eigenvalue weighted by molar-refractivity contribution is 7.26. The normalized spacial score (nSPS) is 11.3. The number of thiophene rings is 1. The zero-order valence-electron chi connectivity index (χ0n) is 26.2. The number of hydrogen-bond donors (Lipinski definition) is 0. The smallest absolute Gasteiger partial charge is 0.164 e. The Morgan fingerprint density at radius 2 is 0.816 bits per heavy atom. The van der Waals surface area contributed by atoms with Gasteiger partial charge in [0.25, 0.3) is 0 Å². The van der Waals surface area contributed by atoms with Crippen LogP contribution in [0.1, 0.15) is 0 Å². The summed E-state index contributed by atoms with van der Waals surface area (Å²) in [4.78, 5) is 15.1. The minimum Gasteiger partial charge on any atom is -0.208 e. The highest BCUT2D eigenvalue weighted by atomic mass is 32.1. The van der Waals surface area contributed by atoms with E-state index in [1.54, 1.807) is 11.3 Å². The van der Waals surface area contributed by atoms with E-state index < -0.39 is 0 Å². The highest BCUT2D eigenvalue weighted by Crippen LogP contribution is 2.44. The Kier molecular flexibility index (Phi) is 7.26. The van der Waals surface area contributed by atoms with E-state index in [9.17, 15) is 0 Å². The maximum absolute atomic E-state index is 5.08. The van der Waals surface area contributed by atoms with E-state index in [0.717, 1.165) is 55.7 Å². The van der Waals surface area contributed by atoms with Gasteiger partial charge in [0.1, 0.15) is 0 Å². The second-order valence-corrected chi connectivity index (χ2v) is 12.8. The van der Waals surface area contributed by atoms with Gasteiger partial charge in [0.05, 0.1) is 11.4 Å². The number of rotatable bonds is 6. The first-order chi connectivity index (χ1) is 24.3. The topological polar surface area (TPSA) is 64.5 Å². The summed E-state index contributed by atoms with van der Waals surface area (Å²) in [7, 11) is 0. The molecule has 6 heteroatoms. The summed E-state index contributed by atoms with van der Waals surface area (Å²) in [5.74, 6) is 1.95. The second kappa shape index (κ2) is 12.3. The Morgan fingerprint density at radius 1 is 0.347 bits per heavy atom. The molecule has 0 saturated heterocycles. The van der Waals surface area contributed by atoms with Crippen molar-refractivity contribution in [3.63, 3.8) is 0 Å². The average Bonchev–Trinajstić information content (AvgIpc) is 3.58. The Morgan fingerprint density at radius 3 is 1.41 bits per heavy atom. The van der Waals surface area contributed by atoms with Crippen molar-refractivity contribution in [2.45, 2.75) is 0 Å². The van der Waals surface area contributed by atoms with Gasteiger partial charge in [-0.1, -0.05) is 140 Å². The van der Waals surface area contributed by atoms with E-state index in [1.807, 2.05) is 103 Å². The molecule has 0 N–H and O–H groups in total. The molecular weight excluding hydrogens is 619 g/mol. The SMILES string of the molecule is c1ccc(-c2ccc(-c3ccc(-c4ccc(-c5nc(-c6ccccc6)nc(-c6ccccc6)n5)c5c4sc4ccccc45)cc3)nn2)cc1. The summed E-state index contributed by atoms with van der Waals surface area (Å²) in [6, 6.07) is 55.9. The molecule has 0 saturated carbocycles. The van der Waals surface area contributed by atoms with Crippen molar-refractivity contribution >= 4 is 31.5 Å². The fourth-order valence-electron chi connectivity index (χ4n) is 6.24. The molecule has 0 atom stereocenters. The molecular formula is C43H27N5S. The van der Waals surface area contributed by atoms with Gasteiger partial charge in [-0.2, -0.15) is 0 Å². The van der Waals surface area contributed by atoms with Crippen LogP contribution in [0.5, 0.6) is 0 Å². The molecule has 0 spiro atoms. The van der Waals surface area contributed by atoms with Crippen molar-refractivity contribution in [3.8, 4) is 67.8 Å². The molecule has 49 heavy (non-hydrogen) atoms. The van der Waals surface area contributed by atoms with Gasteiger partial charge in [0, 0.05) is 48.0 Å². The molecule has 0 aliphatic carbocycles. The lowest BCUT2D eigenvalue weighted by Crippen LogP contribution is -2.00. The van der Waals surface area contributed by atoms with Crippen LogP contribution in [0, 0.1) is 0 Å².